The van der Waals surface area contributed by atoms with Crippen LogP contribution in [0.3, 0.4) is 0 Å². The van der Waals surface area contributed by atoms with Gasteiger partial charge in [-0.25, -0.2) is 19.5 Å². The molecule has 0 aromatic carbocycles. The van der Waals surface area contributed by atoms with Crippen molar-refractivity contribution in [2.24, 2.45) is 0 Å². The van der Waals surface area contributed by atoms with E-state index in [4.69, 9.17) is 18.9 Å². The molecular weight excluding hydrogens is 383 g/mol. The zero-order valence-electron chi connectivity index (χ0n) is 13.6. The number of fused-ring (bicyclic) bond motifs is 1. The highest BCUT2D eigenvalue weighted by Crippen LogP contribution is 2.39. The van der Waals surface area contributed by atoms with Gasteiger partial charge in [-0.1, -0.05) is 0 Å². The predicted octanol–water partition coefficient (Wildman–Crippen LogP) is -0.185. The van der Waals surface area contributed by atoms with Crippen molar-refractivity contribution in [1.82, 2.24) is 19.5 Å². The monoisotopic (exact) mass is 398 g/mol. The smallest absolute Gasteiger partial charge is 0.469 e. The van der Waals surface area contributed by atoms with Crippen LogP contribution >= 0.6 is 7.82 Å². The highest BCUT2D eigenvalue weighted by Gasteiger charge is 2.45. The molecule has 4 N–H and O–H groups in total. The van der Waals surface area contributed by atoms with Crippen LogP contribution in [0.15, 0.2) is 35.7 Å². The normalized spacial score (nSPS) is 26.1. The Bertz CT molecular complexity index is 986. The quantitative estimate of drug-likeness (QED) is 0.420. The summed E-state index contributed by atoms with van der Waals surface area (Å²) >= 11 is 0. The first-order valence-electron chi connectivity index (χ1n) is 7.77. The first kappa shape index (κ1) is 18.2. The molecule has 0 amide bonds. The number of hydrogen-bond acceptors (Lipinski definition) is 9. The molecule has 1 aliphatic heterocycles. The molecule has 0 aliphatic carbocycles. The Kier molecular flexibility index (Phi) is 4.56. The summed E-state index contributed by atoms with van der Waals surface area (Å²) in [5.41, 5.74) is 1.98. The van der Waals surface area contributed by atoms with E-state index in [-0.39, 0.29) is 0 Å². The van der Waals surface area contributed by atoms with Gasteiger partial charge in [0.15, 0.2) is 11.9 Å². The second-order valence-corrected chi connectivity index (χ2v) is 7.13. The number of aliphatic hydroxyl groups is 2. The molecule has 1 saturated heterocycles. The van der Waals surface area contributed by atoms with Crippen LogP contribution in [0, 0.1) is 0 Å². The summed E-state index contributed by atoms with van der Waals surface area (Å²) < 4.78 is 27.2. The predicted molar refractivity (Wildman–Crippen MR) is 86.9 cm³/mol. The number of nitrogens with zero attached hydrogens (tertiary/aromatic N) is 4. The van der Waals surface area contributed by atoms with Gasteiger partial charge in [-0.2, -0.15) is 0 Å². The number of aliphatic hydroxyl groups excluding tert-OH is 2. The van der Waals surface area contributed by atoms with E-state index in [1.54, 1.807) is 6.07 Å². The third kappa shape index (κ3) is 3.39. The number of phosphoric acid groups is 1. The number of imidazole rings is 1. The van der Waals surface area contributed by atoms with Crippen LogP contribution in [-0.4, -0.2) is 64.4 Å². The Hall–Kier alpha value is -2.18. The van der Waals surface area contributed by atoms with Crippen LogP contribution in [0.2, 0.25) is 0 Å². The van der Waals surface area contributed by atoms with Crippen molar-refractivity contribution in [2.75, 3.05) is 6.61 Å². The lowest BCUT2D eigenvalue weighted by Crippen LogP contribution is -2.33. The molecule has 0 unspecified atom stereocenters. The second-order valence-electron chi connectivity index (χ2n) is 5.89. The van der Waals surface area contributed by atoms with Gasteiger partial charge in [-0.05, 0) is 6.07 Å². The Morgan fingerprint density at radius 2 is 2.04 bits per heavy atom. The van der Waals surface area contributed by atoms with Crippen molar-refractivity contribution in [3.63, 3.8) is 0 Å². The topological polar surface area (TPSA) is 173 Å². The molecule has 12 nitrogen and oxygen atoms in total. The Balaban J connectivity index is 1.65. The molecule has 13 heteroatoms. The molecule has 144 valence electrons. The SMILES string of the molecule is O=P(O)(O)OC[C@H]1O[C@@H](n2cnc3c(-c4ccoc4)ncnc32)[C@H](O)[C@@H]1O. The highest BCUT2D eigenvalue weighted by atomic mass is 31.2. The van der Waals surface area contributed by atoms with Gasteiger partial charge in [0.1, 0.15) is 35.8 Å². The lowest BCUT2D eigenvalue weighted by Gasteiger charge is -2.16. The number of hydrogen-bond donors (Lipinski definition) is 4. The van der Waals surface area contributed by atoms with Gasteiger partial charge in [-0.15, -0.1) is 0 Å². The van der Waals surface area contributed by atoms with Gasteiger partial charge in [0, 0.05) is 5.56 Å². The largest absolute Gasteiger partial charge is 0.472 e. The van der Waals surface area contributed by atoms with Crippen molar-refractivity contribution in [1.29, 1.82) is 0 Å². The van der Waals surface area contributed by atoms with E-state index >= 15 is 0 Å². The summed E-state index contributed by atoms with van der Waals surface area (Å²) in [5.74, 6) is 0. The van der Waals surface area contributed by atoms with Gasteiger partial charge < -0.3 is 29.2 Å². The molecular formula is C14H15N4O8P. The minimum atomic E-state index is -4.74. The third-order valence-electron chi connectivity index (χ3n) is 4.17. The molecule has 1 aliphatic rings. The van der Waals surface area contributed by atoms with E-state index in [1.165, 1.54) is 29.7 Å². The molecule has 3 aromatic heterocycles. The number of phosphoric ester groups is 1. The second kappa shape index (κ2) is 6.77. The minimum absolute atomic E-state index is 0.342. The maximum atomic E-state index is 10.8. The lowest BCUT2D eigenvalue weighted by atomic mass is 10.1. The Labute approximate surface area is 151 Å². The molecule has 0 saturated carbocycles. The van der Waals surface area contributed by atoms with Crippen LogP contribution in [0.5, 0.6) is 0 Å². The van der Waals surface area contributed by atoms with Crippen LogP contribution in [-0.2, 0) is 13.8 Å². The van der Waals surface area contributed by atoms with Gasteiger partial charge in [0.25, 0.3) is 0 Å². The third-order valence-corrected chi connectivity index (χ3v) is 4.66. The zero-order valence-corrected chi connectivity index (χ0v) is 14.5. The van der Waals surface area contributed by atoms with E-state index < -0.39 is 39.0 Å². The molecule has 4 atom stereocenters. The maximum Gasteiger partial charge on any atom is 0.469 e. The zero-order chi connectivity index (χ0) is 19.2. The minimum Gasteiger partial charge on any atom is -0.472 e. The standard InChI is InChI=1S/C14H15N4O8P/c19-11-8(4-25-27(21,22)23)26-14(12(11)20)18-6-17-10-9(7-1-2-24-3-7)15-5-16-13(10)18/h1-3,5-6,8,11-12,14,19-20H,4H2,(H2,21,22,23)/t8-,11-,12-,14-/m1/s1. The fraction of sp³-hybridized carbons (Fsp3) is 0.357. The Morgan fingerprint density at radius 1 is 1.22 bits per heavy atom. The summed E-state index contributed by atoms with van der Waals surface area (Å²) in [5, 5.41) is 20.4. The fourth-order valence-electron chi connectivity index (χ4n) is 2.92. The number of ether oxygens (including phenoxy) is 1. The van der Waals surface area contributed by atoms with Crippen LogP contribution < -0.4 is 0 Å². The molecule has 0 radical (unpaired) electrons. The average molecular weight is 398 g/mol. The lowest BCUT2D eigenvalue weighted by molar-refractivity contribution is -0.0504. The van der Waals surface area contributed by atoms with Crippen LogP contribution in [0.4, 0.5) is 0 Å². The van der Waals surface area contributed by atoms with E-state index in [2.05, 4.69) is 19.5 Å². The van der Waals surface area contributed by atoms with Crippen LogP contribution in [0.25, 0.3) is 22.4 Å². The number of rotatable bonds is 5. The van der Waals surface area contributed by atoms with E-state index in [0.717, 1.165) is 0 Å². The molecule has 27 heavy (non-hydrogen) atoms. The summed E-state index contributed by atoms with van der Waals surface area (Å²) in [6.07, 6.45) is 0.638. The van der Waals surface area contributed by atoms with Crippen molar-refractivity contribution in [3.05, 3.63) is 31.2 Å². The van der Waals surface area contributed by atoms with Gasteiger partial charge in [0.2, 0.25) is 0 Å². The summed E-state index contributed by atoms with van der Waals surface area (Å²) in [6.45, 7) is -0.596. The molecule has 3 aromatic rings. The molecule has 0 bridgehead atoms. The van der Waals surface area contributed by atoms with Crippen molar-refractivity contribution in [3.8, 4) is 11.3 Å². The van der Waals surface area contributed by atoms with E-state index in [0.29, 0.717) is 22.4 Å². The van der Waals surface area contributed by atoms with E-state index in [1.807, 2.05) is 0 Å². The van der Waals surface area contributed by atoms with Gasteiger partial charge in [0.05, 0.1) is 25.5 Å². The highest BCUT2D eigenvalue weighted by molar-refractivity contribution is 7.46. The van der Waals surface area contributed by atoms with Gasteiger partial charge >= 0.3 is 7.82 Å². The summed E-state index contributed by atoms with van der Waals surface area (Å²) in [4.78, 5) is 30.2. The molecule has 1 fully saturated rings. The molecule has 4 heterocycles. The number of aromatic nitrogens is 4. The molecule has 4 rings (SSSR count). The first-order chi connectivity index (χ1) is 12.8. The maximum absolute atomic E-state index is 10.8. The van der Waals surface area contributed by atoms with E-state index in [9.17, 15) is 14.8 Å². The molecule has 0 spiro atoms. The average Bonchev–Trinajstić information content (AvgIpc) is 3.34. The van der Waals surface area contributed by atoms with Crippen LogP contribution in [0.1, 0.15) is 6.23 Å². The van der Waals surface area contributed by atoms with Crippen molar-refractivity contribution >= 4 is 19.0 Å². The van der Waals surface area contributed by atoms with Gasteiger partial charge in [-0.3, -0.25) is 9.09 Å². The van der Waals surface area contributed by atoms with Crippen molar-refractivity contribution < 1.29 is 38.2 Å². The first-order valence-corrected chi connectivity index (χ1v) is 9.30. The summed E-state index contributed by atoms with van der Waals surface area (Å²) in [6, 6.07) is 1.71. The van der Waals surface area contributed by atoms with Crippen molar-refractivity contribution in [2.45, 2.75) is 24.5 Å². The Morgan fingerprint density at radius 3 is 2.74 bits per heavy atom. The number of furan rings is 1. The fourth-order valence-corrected chi connectivity index (χ4v) is 3.26. The summed E-state index contributed by atoms with van der Waals surface area (Å²) in [7, 11) is -4.74.